The lowest BCUT2D eigenvalue weighted by atomic mass is 10.0. The first-order valence-corrected chi connectivity index (χ1v) is 7.85. The molecule has 19 heavy (non-hydrogen) atoms. The highest BCUT2D eigenvalue weighted by Gasteiger charge is 2.30. The van der Waals surface area contributed by atoms with Gasteiger partial charge in [0, 0.05) is 12.6 Å². The van der Waals surface area contributed by atoms with Crippen molar-refractivity contribution in [2.45, 2.75) is 78.8 Å². The molecule has 0 spiro atoms. The fourth-order valence-corrected chi connectivity index (χ4v) is 2.66. The van der Waals surface area contributed by atoms with E-state index in [1.807, 2.05) is 0 Å². The van der Waals surface area contributed by atoms with Crippen molar-refractivity contribution in [3.8, 4) is 0 Å². The van der Waals surface area contributed by atoms with Crippen molar-refractivity contribution in [2.75, 3.05) is 13.7 Å². The van der Waals surface area contributed by atoms with Crippen LogP contribution >= 0.6 is 0 Å². The molecular weight excluding hydrogens is 238 g/mol. The van der Waals surface area contributed by atoms with Crippen molar-refractivity contribution < 1.29 is 9.53 Å². The van der Waals surface area contributed by atoms with Crippen LogP contribution in [0.2, 0.25) is 0 Å². The van der Waals surface area contributed by atoms with Crippen LogP contribution in [0.4, 0.5) is 0 Å². The Morgan fingerprint density at radius 1 is 1.16 bits per heavy atom. The van der Waals surface area contributed by atoms with Gasteiger partial charge in [-0.2, -0.15) is 0 Å². The number of hydrogen-bond acceptors (Lipinski definition) is 3. The Morgan fingerprint density at radius 2 is 1.74 bits per heavy atom. The summed E-state index contributed by atoms with van der Waals surface area (Å²) in [6, 6.07) is 0.403. The highest BCUT2D eigenvalue weighted by Crippen LogP contribution is 2.20. The molecule has 0 saturated heterocycles. The van der Waals surface area contributed by atoms with Gasteiger partial charge in [0.15, 0.2) is 0 Å². The first-order chi connectivity index (χ1) is 9.01. The third-order valence-electron chi connectivity index (χ3n) is 3.69. The minimum atomic E-state index is -0.0720. The zero-order valence-electron chi connectivity index (χ0n) is 13.7. The number of methoxy groups -OCH3 is 1. The molecule has 1 atom stereocenters. The molecule has 0 aromatic heterocycles. The fourth-order valence-electron chi connectivity index (χ4n) is 2.66. The average molecular weight is 271 g/mol. The molecule has 1 unspecified atom stereocenters. The molecule has 0 bridgehead atoms. The van der Waals surface area contributed by atoms with Crippen LogP contribution in [0.25, 0.3) is 0 Å². The molecule has 3 nitrogen and oxygen atoms in total. The summed E-state index contributed by atoms with van der Waals surface area (Å²) in [7, 11) is 1.50. The number of esters is 1. The van der Waals surface area contributed by atoms with Gasteiger partial charge < -0.3 is 4.74 Å². The van der Waals surface area contributed by atoms with Gasteiger partial charge in [-0.1, -0.05) is 47.5 Å². The zero-order valence-corrected chi connectivity index (χ0v) is 13.7. The molecule has 0 fully saturated rings. The highest BCUT2D eigenvalue weighted by molar-refractivity contribution is 5.75. The number of unbranched alkanes of at least 4 members (excludes halogenated alkanes) is 1. The first-order valence-electron chi connectivity index (χ1n) is 7.85. The van der Waals surface area contributed by atoms with E-state index in [2.05, 4.69) is 39.5 Å². The molecule has 0 aromatic carbocycles. The number of hydrogen-bond donors (Lipinski definition) is 0. The van der Waals surface area contributed by atoms with E-state index in [0.29, 0.717) is 12.0 Å². The second-order valence-electron chi connectivity index (χ2n) is 5.74. The molecular formula is C16H33NO2. The van der Waals surface area contributed by atoms with Crippen molar-refractivity contribution >= 4 is 5.97 Å². The van der Waals surface area contributed by atoms with E-state index in [1.165, 1.54) is 7.11 Å². The first kappa shape index (κ1) is 18.4. The summed E-state index contributed by atoms with van der Waals surface area (Å²) >= 11 is 0. The van der Waals surface area contributed by atoms with E-state index in [1.54, 1.807) is 0 Å². The van der Waals surface area contributed by atoms with Crippen LogP contribution in [-0.2, 0) is 9.53 Å². The lowest BCUT2D eigenvalue weighted by Gasteiger charge is -2.37. The van der Waals surface area contributed by atoms with Gasteiger partial charge in [0.1, 0.15) is 6.04 Å². The van der Waals surface area contributed by atoms with Crippen LogP contribution in [0.5, 0.6) is 0 Å². The maximum absolute atomic E-state index is 12.1. The van der Waals surface area contributed by atoms with E-state index < -0.39 is 0 Å². The molecule has 0 saturated carbocycles. The van der Waals surface area contributed by atoms with E-state index in [0.717, 1.165) is 38.6 Å². The molecule has 0 radical (unpaired) electrons. The van der Waals surface area contributed by atoms with Gasteiger partial charge in [0.2, 0.25) is 0 Å². The minimum absolute atomic E-state index is 0.0685. The number of carbonyl (C=O) groups is 1. The van der Waals surface area contributed by atoms with Gasteiger partial charge in [-0.15, -0.1) is 0 Å². The topological polar surface area (TPSA) is 29.5 Å². The van der Waals surface area contributed by atoms with Crippen LogP contribution in [0.1, 0.15) is 66.7 Å². The third kappa shape index (κ3) is 6.42. The summed E-state index contributed by atoms with van der Waals surface area (Å²) in [6.07, 6.45) is 5.28. The second-order valence-corrected chi connectivity index (χ2v) is 5.74. The fraction of sp³-hybridized carbons (Fsp3) is 0.938. The second kappa shape index (κ2) is 10.2. The Kier molecular flexibility index (Phi) is 9.94. The lowest BCUT2D eigenvalue weighted by Crippen LogP contribution is -2.49. The molecule has 0 aliphatic rings. The van der Waals surface area contributed by atoms with Gasteiger partial charge in [-0.3, -0.25) is 9.69 Å². The van der Waals surface area contributed by atoms with E-state index in [9.17, 15) is 4.79 Å². The maximum Gasteiger partial charge on any atom is 0.323 e. The summed E-state index contributed by atoms with van der Waals surface area (Å²) in [5.41, 5.74) is 0. The lowest BCUT2D eigenvalue weighted by molar-refractivity contribution is -0.148. The predicted octanol–water partition coefficient (Wildman–Crippen LogP) is 3.86. The Labute approximate surface area is 119 Å². The molecule has 0 rings (SSSR count). The smallest absolute Gasteiger partial charge is 0.323 e. The molecule has 0 amide bonds. The number of nitrogens with zero attached hydrogens (tertiary/aromatic N) is 1. The highest BCUT2D eigenvalue weighted by atomic mass is 16.5. The number of carbonyl (C=O) groups excluding carboxylic acids is 1. The standard InChI is InChI=1S/C16H33NO2/c1-7-10-11-15(16(18)19-6)17(12-13(4)5)14(8-2)9-3/h13-15H,7-12H2,1-6H3. The van der Waals surface area contributed by atoms with Crippen molar-refractivity contribution in [1.29, 1.82) is 0 Å². The van der Waals surface area contributed by atoms with E-state index >= 15 is 0 Å². The van der Waals surface area contributed by atoms with E-state index in [4.69, 9.17) is 4.74 Å². The molecule has 0 aliphatic carbocycles. The molecule has 0 heterocycles. The zero-order chi connectivity index (χ0) is 14.8. The SMILES string of the molecule is CCCCC(C(=O)OC)N(CC(C)C)C(CC)CC. The van der Waals surface area contributed by atoms with E-state index in [-0.39, 0.29) is 12.0 Å². The van der Waals surface area contributed by atoms with Gasteiger partial charge in [-0.25, -0.2) is 0 Å². The molecule has 0 aromatic rings. The Balaban J connectivity index is 5.02. The van der Waals surface area contributed by atoms with Gasteiger partial charge in [-0.05, 0) is 25.2 Å². The Bertz CT molecular complexity index is 237. The summed E-state index contributed by atoms with van der Waals surface area (Å²) in [5, 5.41) is 0. The van der Waals surface area contributed by atoms with Crippen molar-refractivity contribution in [3.05, 3.63) is 0 Å². The summed E-state index contributed by atoms with van der Waals surface area (Å²) < 4.78 is 5.03. The molecule has 0 aliphatic heterocycles. The monoisotopic (exact) mass is 271 g/mol. The van der Waals surface area contributed by atoms with Crippen molar-refractivity contribution in [1.82, 2.24) is 4.90 Å². The van der Waals surface area contributed by atoms with Crippen LogP contribution in [-0.4, -0.2) is 36.6 Å². The summed E-state index contributed by atoms with van der Waals surface area (Å²) in [6.45, 7) is 12.0. The molecule has 3 heteroatoms. The summed E-state index contributed by atoms with van der Waals surface area (Å²) in [5.74, 6) is 0.496. The number of ether oxygens (including phenoxy) is 1. The van der Waals surface area contributed by atoms with Crippen LogP contribution in [0, 0.1) is 5.92 Å². The summed E-state index contributed by atoms with van der Waals surface area (Å²) in [4.78, 5) is 14.5. The van der Waals surface area contributed by atoms with Crippen LogP contribution in [0.3, 0.4) is 0 Å². The number of rotatable bonds is 10. The normalized spacial score (nSPS) is 13.3. The predicted molar refractivity (Wildman–Crippen MR) is 81.2 cm³/mol. The van der Waals surface area contributed by atoms with Crippen molar-refractivity contribution in [2.24, 2.45) is 5.92 Å². The quantitative estimate of drug-likeness (QED) is 0.565. The van der Waals surface area contributed by atoms with Crippen molar-refractivity contribution in [3.63, 3.8) is 0 Å². The Hall–Kier alpha value is -0.570. The largest absolute Gasteiger partial charge is 0.468 e. The molecule has 0 N–H and O–H groups in total. The Morgan fingerprint density at radius 3 is 2.11 bits per heavy atom. The van der Waals surface area contributed by atoms with Gasteiger partial charge in [0.25, 0.3) is 0 Å². The van der Waals surface area contributed by atoms with Gasteiger partial charge >= 0.3 is 5.97 Å². The minimum Gasteiger partial charge on any atom is -0.468 e. The maximum atomic E-state index is 12.1. The van der Waals surface area contributed by atoms with Crippen LogP contribution in [0.15, 0.2) is 0 Å². The van der Waals surface area contributed by atoms with Crippen LogP contribution < -0.4 is 0 Å². The van der Waals surface area contributed by atoms with Gasteiger partial charge in [0.05, 0.1) is 7.11 Å². The third-order valence-corrected chi connectivity index (χ3v) is 3.69. The average Bonchev–Trinajstić information content (AvgIpc) is 2.39. The molecule has 114 valence electrons.